The first kappa shape index (κ1) is 12.9. The van der Waals surface area contributed by atoms with Crippen LogP contribution in [0.5, 0.6) is 5.75 Å². The highest BCUT2D eigenvalue weighted by Crippen LogP contribution is 2.28. The van der Waals surface area contributed by atoms with Crippen molar-refractivity contribution in [3.05, 3.63) is 24.0 Å². The highest BCUT2D eigenvalue weighted by atomic mass is 16.7. The van der Waals surface area contributed by atoms with Gasteiger partial charge in [0.2, 0.25) is 0 Å². The first-order valence-corrected chi connectivity index (χ1v) is 4.83. The molecule has 0 aliphatic rings. The van der Waals surface area contributed by atoms with Crippen molar-refractivity contribution in [1.29, 1.82) is 0 Å². The number of nitrogens with zero attached hydrogens (tertiary/aromatic N) is 1. The van der Waals surface area contributed by atoms with Crippen molar-refractivity contribution < 1.29 is 19.3 Å². The van der Waals surface area contributed by atoms with Gasteiger partial charge in [-0.05, 0) is 13.0 Å². The zero-order valence-corrected chi connectivity index (χ0v) is 9.93. The van der Waals surface area contributed by atoms with Crippen LogP contribution in [0.2, 0.25) is 0 Å². The first-order valence-electron chi connectivity index (χ1n) is 4.83. The van der Waals surface area contributed by atoms with Gasteiger partial charge in [-0.3, -0.25) is 4.98 Å². The van der Waals surface area contributed by atoms with Gasteiger partial charge in [-0.25, -0.2) is 0 Å². The number of hydrogen-bond acceptors (Lipinski definition) is 5. The summed E-state index contributed by atoms with van der Waals surface area (Å²) in [6, 6.07) is 1.69. The van der Waals surface area contributed by atoms with E-state index in [4.69, 9.17) is 14.2 Å². The minimum absolute atomic E-state index is 0.570. The molecular weight excluding hydrogens is 210 g/mol. The van der Waals surface area contributed by atoms with Crippen molar-refractivity contribution in [2.75, 3.05) is 21.3 Å². The number of ether oxygens (including phenoxy) is 3. The summed E-state index contributed by atoms with van der Waals surface area (Å²) in [5.74, 6) is 0.573. The van der Waals surface area contributed by atoms with Crippen LogP contribution in [0.3, 0.4) is 0 Å². The Morgan fingerprint density at radius 1 is 1.25 bits per heavy atom. The standard InChI is InChI=1S/C11H17NO4/c1-11(13,10(15-3)16-4)8-5-9(14-2)7-12-6-8/h5-7,10,13H,1-4H3. The van der Waals surface area contributed by atoms with Crippen molar-refractivity contribution in [2.45, 2.75) is 18.8 Å². The van der Waals surface area contributed by atoms with E-state index < -0.39 is 11.9 Å². The molecule has 0 spiro atoms. The topological polar surface area (TPSA) is 60.8 Å². The first-order chi connectivity index (χ1) is 7.56. The maximum absolute atomic E-state index is 10.3. The average molecular weight is 227 g/mol. The predicted octanol–water partition coefficient (Wildman–Crippen LogP) is 0.917. The zero-order chi connectivity index (χ0) is 12.2. The zero-order valence-electron chi connectivity index (χ0n) is 9.93. The molecule has 0 aliphatic carbocycles. The van der Waals surface area contributed by atoms with Gasteiger partial charge in [0.05, 0.1) is 13.3 Å². The van der Waals surface area contributed by atoms with Crippen molar-refractivity contribution >= 4 is 0 Å². The molecule has 1 heterocycles. The van der Waals surface area contributed by atoms with Gasteiger partial charge in [0, 0.05) is 26.0 Å². The van der Waals surface area contributed by atoms with Crippen LogP contribution >= 0.6 is 0 Å². The third kappa shape index (κ3) is 2.49. The van der Waals surface area contributed by atoms with E-state index in [9.17, 15) is 5.11 Å². The van der Waals surface area contributed by atoms with E-state index in [2.05, 4.69) is 4.98 Å². The molecule has 0 saturated carbocycles. The highest BCUT2D eigenvalue weighted by Gasteiger charge is 2.34. The van der Waals surface area contributed by atoms with Crippen molar-refractivity contribution in [3.8, 4) is 5.75 Å². The number of rotatable bonds is 5. The Kier molecular flexibility index (Phi) is 4.23. The van der Waals surface area contributed by atoms with Crippen LogP contribution in [-0.4, -0.2) is 37.7 Å². The lowest BCUT2D eigenvalue weighted by molar-refractivity contribution is -0.213. The molecule has 1 atom stereocenters. The summed E-state index contributed by atoms with van der Waals surface area (Å²) in [7, 11) is 4.48. The van der Waals surface area contributed by atoms with Crippen molar-refractivity contribution in [1.82, 2.24) is 4.98 Å². The second-order valence-corrected chi connectivity index (χ2v) is 3.56. The molecule has 0 saturated heterocycles. The molecule has 1 aromatic rings. The third-order valence-electron chi connectivity index (χ3n) is 2.42. The van der Waals surface area contributed by atoms with Gasteiger partial charge in [-0.1, -0.05) is 0 Å². The fourth-order valence-electron chi connectivity index (χ4n) is 1.50. The summed E-state index contributed by atoms with van der Waals surface area (Å²) < 4.78 is 15.1. The lowest BCUT2D eigenvalue weighted by Gasteiger charge is -2.30. The molecule has 0 bridgehead atoms. The Morgan fingerprint density at radius 3 is 2.38 bits per heavy atom. The van der Waals surface area contributed by atoms with Gasteiger partial charge in [-0.2, -0.15) is 0 Å². The summed E-state index contributed by atoms with van der Waals surface area (Å²) in [6.07, 6.45) is 2.35. The quantitative estimate of drug-likeness (QED) is 0.758. The van der Waals surface area contributed by atoms with Crippen molar-refractivity contribution in [2.24, 2.45) is 0 Å². The van der Waals surface area contributed by atoms with E-state index in [-0.39, 0.29) is 0 Å². The molecule has 0 fully saturated rings. The van der Waals surface area contributed by atoms with Crippen LogP contribution in [0.4, 0.5) is 0 Å². The number of aliphatic hydroxyl groups is 1. The molecule has 0 aliphatic heterocycles. The van der Waals surface area contributed by atoms with E-state index in [1.54, 1.807) is 32.5 Å². The van der Waals surface area contributed by atoms with Crippen LogP contribution in [0.25, 0.3) is 0 Å². The molecule has 1 unspecified atom stereocenters. The van der Waals surface area contributed by atoms with Gasteiger partial charge >= 0.3 is 0 Å². The van der Waals surface area contributed by atoms with E-state index in [0.717, 1.165) is 0 Å². The number of hydrogen-bond donors (Lipinski definition) is 1. The van der Waals surface area contributed by atoms with Gasteiger partial charge in [0.25, 0.3) is 0 Å². The minimum Gasteiger partial charge on any atom is -0.495 e. The molecule has 90 valence electrons. The fourth-order valence-corrected chi connectivity index (χ4v) is 1.50. The van der Waals surface area contributed by atoms with Gasteiger partial charge < -0.3 is 19.3 Å². The molecule has 0 aromatic carbocycles. The molecule has 1 aromatic heterocycles. The second kappa shape index (κ2) is 5.25. The Labute approximate surface area is 95.0 Å². The smallest absolute Gasteiger partial charge is 0.189 e. The van der Waals surface area contributed by atoms with Crippen LogP contribution in [0.15, 0.2) is 18.5 Å². The summed E-state index contributed by atoms with van der Waals surface area (Å²) >= 11 is 0. The maximum Gasteiger partial charge on any atom is 0.189 e. The van der Waals surface area contributed by atoms with Crippen molar-refractivity contribution in [3.63, 3.8) is 0 Å². The van der Waals surface area contributed by atoms with E-state index in [0.29, 0.717) is 11.3 Å². The lowest BCUT2D eigenvalue weighted by atomic mass is 9.97. The predicted molar refractivity (Wildman–Crippen MR) is 58.2 cm³/mol. The Hall–Kier alpha value is -1.17. The average Bonchev–Trinajstić information content (AvgIpc) is 2.30. The van der Waals surface area contributed by atoms with Crippen LogP contribution in [0.1, 0.15) is 12.5 Å². The SMILES string of the molecule is COc1cncc(C(C)(O)C(OC)OC)c1. The second-order valence-electron chi connectivity index (χ2n) is 3.56. The molecule has 5 heteroatoms. The summed E-state index contributed by atoms with van der Waals surface area (Å²) in [5, 5.41) is 10.3. The molecule has 0 radical (unpaired) electrons. The molecule has 1 N–H and O–H groups in total. The highest BCUT2D eigenvalue weighted by molar-refractivity contribution is 5.28. The number of methoxy groups -OCH3 is 3. The van der Waals surface area contributed by atoms with Crippen LogP contribution in [0, 0.1) is 0 Å². The van der Waals surface area contributed by atoms with Crippen LogP contribution in [-0.2, 0) is 15.1 Å². The monoisotopic (exact) mass is 227 g/mol. The van der Waals surface area contributed by atoms with Crippen LogP contribution < -0.4 is 4.74 Å². The Bertz CT molecular complexity index is 337. The molecule has 1 rings (SSSR count). The van der Waals surface area contributed by atoms with Gasteiger partial charge in [0.15, 0.2) is 6.29 Å². The normalized spacial score (nSPS) is 14.9. The Balaban J connectivity index is 3.04. The van der Waals surface area contributed by atoms with E-state index in [1.165, 1.54) is 14.2 Å². The molecule has 16 heavy (non-hydrogen) atoms. The van der Waals surface area contributed by atoms with Gasteiger partial charge in [0.1, 0.15) is 11.4 Å². The summed E-state index contributed by atoms with van der Waals surface area (Å²) in [4.78, 5) is 3.98. The molecular formula is C11H17NO4. The van der Waals surface area contributed by atoms with Gasteiger partial charge in [-0.15, -0.1) is 0 Å². The van der Waals surface area contributed by atoms with E-state index in [1.807, 2.05) is 0 Å². The number of pyridine rings is 1. The summed E-state index contributed by atoms with van der Waals surface area (Å²) in [5.41, 5.74) is -0.717. The lowest BCUT2D eigenvalue weighted by Crippen LogP contribution is -2.39. The third-order valence-corrected chi connectivity index (χ3v) is 2.42. The molecule has 5 nitrogen and oxygen atoms in total. The minimum atomic E-state index is -1.29. The maximum atomic E-state index is 10.3. The number of aromatic nitrogens is 1. The van der Waals surface area contributed by atoms with E-state index >= 15 is 0 Å². The molecule has 0 amide bonds. The fraction of sp³-hybridized carbons (Fsp3) is 0.545. The largest absolute Gasteiger partial charge is 0.495 e. The summed E-state index contributed by atoms with van der Waals surface area (Å²) in [6.45, 7) is 1.60. The Morgan fingerprint density at radius 2 is 1.88 bits per heavy atom.